The van der Waals surface area contributed by atoms with Crippen LogP contribution in [0, 0.1) is 11.2 Å². The lowest BCUT2D eigenvalue weighted by Gasteiger charge is -2.25. The van der Waals surface area contributed by atoms with E-state index in [9.17, 15) is 14.0 Å². The third kappa shape index (κ3) is 3.75. The Bertz CT molecular complexity index is 509. The van der Waals surface area contributed by atoms with Crippen LogP contribution in [0.2, 0.25) is 0 Å². The number of carboxylic acids is 1. The van der Waals surface area contributed by atoms with Gasteiger partial charge in [0.05, 0.1) is 17.3 Å². The monoisotopic (exact) mass is 268 g/mol. The van der Waals surface area contributed by atoms with E-state index in [-0.39, 0.29) is 11.3 Å². The molecule has 1 aromatic carbocycles. The molecule has 0 unspecified atom stereocenters. The lowest BCUT2D eigenvalue weighted by atomic mass is 9.87. The largest absolute Gasteiger partial charge is 0.478 e. The minimum atomic E-state index is -1.23. The number of anilines is 1. The number of amides is 1. The van der Waals surface area contributed by atoms with E-state index in [4.69, 9.17) is 10.8 Å². The van der Waals surface area contributed by atoms with Gasteiger partial charge in [-0.3, -0.25) is 4.79 Å². The zero-order chi connectivity index (χ0) is 14.8. The zero-order valence-corrected chi connectivity index (χ0v) is 11.0. The minimum Gasteiger partial charge on any atom is -0.478 e. The van der Waals surface area contributed by atoms with Crippen LogP contribution >= 0.6 is 0 Å². The number of carbonyl (C=O) groups is 2. The van der Waals surface area contributed by atoms with Crippen LogP contribution in [0.3, 0.4) is 0 Å². The number of benzene rings is 1. The molecule has 0 saturated heterocycles. The SMILES string of the molecule is CC(C)(C)[C@@H](N)C(=O)Nc1ccc(C(=O)O)cc1F. The Kier molecular flexibility index (Phi) is 4.26. The Hall–Kier alpha value is -1.95. The van der Waals surface area contributed by atoms with Gasteiger partial charge in [0.2, 0.25) is 5.91 Å². The van der Waals surface area contributed by atoms with E-state index in [1.54, 1.807) is 20.8 Å². The van der Waals surface area contributed by atoms with Gasteiger partial charge >= 0.3 is 5.97 Å². The molecule has 1 atom stereocenters. The number of rotatable bonds is 3. The van der Waals surface area contributed by atoms with E-state index >= 15 is 0 Å². The van der Waals surface area contributed by atoms with Crippen molar-refractivity contribution < 1.29 is 19.1 Å². The molecule has 1 amide bonds. The molecule has 0 aromatic heterocycles. The fourth-order valence-electron chi connectivity index (χ4n) is 1.35. The van der Waals surface area contributed by atoms with Crippen LogP contribution in [0.25, 0.3) is 0 Å². The molecule has 1 rings (SSSR count). The Morgan fingerprint density at radius 1 is 1.37 bits per heavy atom. The van der Waals surface area contributed by atoms with E-state index in [1.807, 2.05) is 0 Å². The smallest absolute Gasteiger partial charge is 0.335 e. The number of carbonyl (C=O) groups excluding carboxylic acids is 1. The molecule has 0 aliphatic carbocycles. The molecule has 0 aliphatic heterocycles. The predicted molar refractivity (Wildman–Crippen MR) is 69.4 cm³/mol. The Balaban J connectivity index is 2.89. The van der Waals surface area contributed by atoms with Gasteiger partial charge in [0.25, 0.3) is 0 Å². The molecule has 0 spiro atoms. The summed E-state index contributed by atoms with van der Waals surface area (Å²) in [5.41, 5.74) is 5.01. The average molecular weight is 268 g/mol. The Labute approximate surface area is 110 Å². The molecule has 0 fully saturated rings. The number of nitrogens with one attached hydrogen (secondary N) is 1. The van der Waals surface area contributed by atoms with Crippen LogP contribution in [0.4, 0.5) is 10.1 Å². The maximum atomic E-state index is 13.6. The molecule has 4 N–H and O–H groups in total. The summed E-state index contributed by atoms with van der Waals surface area (Å²) in [6.07, 6.45) is 0. The number of aromatic carboxylic acids is 1. The molecule has 0 bridgehead atoms. The van der Waals surface area contributed by atoms with Crippen molar-refractivity contribution in [2.45, 2.75) is 26.8 Å². The molecule has 6 heteroatoms. The molecule has 1 aromatic rings. The van der Waals surface area contributed by atoms with Gasteiger partial charge in [-0.25, -0.2) is 9.18 Å². The standard InChI is InChI=1S/C13H17FN2O3/c1-13(2,3)10(15)11(17)16-9-5-4-7(12(18)19)6-8(9)14/h4-6,10H,15H2,1-3H3,(H,16,17)(H,18,19)/t10-/m0/s1. The van der Waals surface area contributed by atoms with Crippen LogP contribution in [0.15, 0.2) is 18.2 Å². The number of nitrogens with two attached hydrogens (primary N) is 1. The van der Waals surface area contributed by atoms with Gasteiger partial charge in [-0.2, -0.15) is 0 Å². The van der Waals surface area contributed by atoms with Gasteiger partial charge < -0.3 is 16.2 Å². The summed E-state index contributed by atoms with van der Waals surface area (Å²) < 4.78 is 13.6. The van der Waals surface area contributed by atoms with E-state index < -0.39 is 29.2 Å². The molecule has 5 nitrogen and oxygen atoms in total. The first-order valence-electron chi connectivity index (χ1n) is 5.72. The summed E-state index contributed by atoms with van der Waals surface area (Å²) in [6.45, 7) is 5.38. The van der Waals surface area contributed by atoms with Crippen LogP contribution in [0.1, 0.15) is 31.1 Å². The van der Waals surface area contributed by atoms with Crippen LogP contribution in [-0.2, 0) is 4.79 Å². The second kappa shape index (κ2) is 5.36. The van der Waals surface area contributed by atoms with Gasteiger partial charge in [0.1, 0.15) is 5.82 Å². The van der Waals surface area contributed by atoms with Crippen LogP contribution in [-0.4, -0.2) is 23.0 Å². The summed E-state index contributed by atoms with van der Waals surface area (Å²) in [5, 5.41) is 11.1. The Morgan fingerprint density at radius 3 is 2.37 bits per heavy atom. The van der Waals surface area contributed by atoms with E-state index in [0.29, 0.717) is 0 Å². The van der Waals surface area contributed by atoms with E-state index in [1.165, 1.54) is 12.1 Å². The van der Waals surface area contributed by atoms with Crippen LogP contribution < -0.4 is 11.1 Å². The maximum Gasteiger partial charge on any atom is 0.335 e. The van der Waals surface area contributed by atoms with Gasteiger partial charge in [-0.05, 0) is 23.6 Å². The van der Waals surface area contributed by atoms with Crippen molar-refractivity contribution in [1.82, 2.24) is 0 Å². The summed E-state index contributed by atoms with van der Waals surface area (Å²) in [7, 11) is 0. The van der Waals surface area contributed by atoms with E-state index in [0.717, 1.165) is 6.07 Å². The average Bonchev–Trinajstić information content (AvgIpc) is 2.29. The van der Waals surface area contributed by atoms with Crippen molar-refractivity contribution in [3.63, 3.8) is 0 Å². The summed E-state index contributed by atoms with van der Waals surface area (Å²) in [6, 6.07) is 2.46. The molecule has 0 heterocycles. The highest BCUT2D eigenvalue weighted by molar-refractivity contribution is 5.96. The predicted octanol–water partition coefficient (Wildman–Crippen LogP) is 1.84. The molecule has 19 heavy (non-hydrogen) atoms. The number of hydrogen-bond acceptors (Lipinski definition) is 3. The summed E-state index contributed by atoms with van der Waals surface area (Å²) in [5.74, 6) is -2.56. The van der Waals surface area contributed by atoms with Crippen molar-refractivity contribution in [3.8, 4) is 0 Å². The summed E-state index contributed by atoms with van der Waals surface area (Å²) >= 11 is 0. The van der Waals surface area contributed by atoms with Gasteiger partial charge in [0.15, 0.2) is 0 Å². The maximum absolute atomic E-state index is 13.6. The highest BCUT2D eigenvalue weighted by Crippen LogP contribution is 2.20. The lowest BCUT2D eigenvalue weighted by molar-refractivity contribution is -0.119. The quantitative estimate of drug-likeness (QED) is 0.779. The van der Waals surface area contributed by atoms with E-state index in [2.05, 4.69) is 5.32 Å². The van der Waals surface area contributed by atoms with Crippen molar-refractivity contribution in [2.75, 3.05) is 5.32 Å². The van der Waals surface area contributed by atoms with Crippen molar-refractivity contribution in [1.29, 1.82) is 0 Å². The number of hydrogen-bond donors (Lipinski definition) is 3. The topological polar surface area (TPSA) is 92.4 Å². The molecule has 0 aliphatic rings. The minimum absolute atomic E-state index is 0.0882. The third-order valence-corrected chi connectivity index (χ3v) is 2.69. The number of halogens is 1. The first-order valence-corrected chi connectivity index (χ1v) is 5.72. The Morgan fingerprint density at radius 2 is 1.95 bits per heavy atom. The number of carboxylic acid groups (broad SMARTS) is 1. The second-order valence-corrected chi connectivity index (χ2v) is 5.33. The normalized spacial score (nSPS) is 12.9. The zero-order valence-electron chi connectivity index (χ0n) is 11.0. The molecule has 0 saturated carbocycles. The fourth-order valence-corrected chi connectivity index (χ4v) is 1.35. The fraction of sp³-hybridized carbons (Fsp3) is 0.385. The summed E-state index contributed by atoms with van der Waals surface area (Å²) in [4.78, 5) is 22.5. The molecule has 104 valence electrons. The van der Waals surface area contributed by atoms with Gasteiger partial charge in [-0.1, -0.05) is 20.8 Å². The highest BCUT2D eigenvalue weighted by atomic mass is 19.1. The van der Waals surface area contributed by atoms with Gasteiger partial charge in [0, 0.05) is 0 Å². The van der Waals surface area contributed by atoms with Crippen molar-refractivity contribution >= 4 is 17.6 Å². The van der Waals surface area contributed by atoms with Crippen molar-refractivity contribution in [3.05, 3.63) is 29.6 Å². The highest BCUT2D eigenvalue weighted by Gasteiger charge is 2.28. The van der Waals surface area contributed by atoms with Gasteiger partial charge in [-0.15, -0.1) is 0 Å². The first-order chi connectivity index (χ1) is 8.62. The molecular weight excluding hydrogens is 251 g/mol. The van der Waals surface area contributed by atoms with Crippen molar-refractivity contribution in [2.24, 2.45) is 11.1 Å². The first kappa shape index (κ1) is 15.1. The third-order valence-electron chi connectivity index (χ3n) is 2.69. The lowest BCUT2D eigenvalue weighted by Crippen LogP contribution is -2.45. The second-order valence-electron chi connectivity index (χ2n) is 5.33. The van der Waals surface area contributed by atoms with Crippen LogP contribution in [0.5, 0.6) is 0 Å². The molecular formula is C13H17FN2O3. The molecule has 0 radical (unpaired) electrons.